The number of hydrogen-bond donors (Lipinski definition) is 2. The summed E-state index contributed by atoms with van der Waals surface area (Å²) in [6.07, 6.45) is 0.947. The van der Waals surface area contributed by atoms with E-state index in [-0.39, 0.29) is 0 Å². The van der Waals surface area contributed by atoms with E-state index in [9.17, 15) is 9.59 Å². The Morgan fingerprint density at radius 2 is 1.90 bits per heavy atom. The van der Waals surface area contributed by atoms with E-state index in [1.807, 2.05) is 35.8 Å². The Labute approximate surface area is 174 Å². The lowest BCUT2D eigenvalue weighted by molar-refractivity contribution is 0.0378. The molecule has 9 heteroatoms. The molecule has 3 aromatic rings. The number of H-pyrrole nitrogens is 1. The van der Waals surface area contributed by atoms with Crippen molar-refractivity contribution >= 4 is 17.1 Å². The zero-order chi connectivity index (χ0) is 21.1. The number of nitrogens with zero attached hydrogens (tertiary/aromatic N) is 4. The van der Waals surface area contributed by atoms with Crippen molar-refractivity contribution in [3.05, 3.63) is 56.2 Å². The maximum absolute atomic E-state index is 12.6. The van der Waals surface area contributed by atoms with Gasteiger partial charge < -0.3 is 10.1 Å². The summed E-state index contributed by atoms with van der Waals surface area (Å²) in [5.74, 6) is 0.597. The van der Waals surface area contributed by atoms with Crippen LogP contribution in [0.25, 0.3) is 11.2 Å². The van der Waals surface area contributed by atoms with Crippen LogP contribution in [0.15, 0.2) is 33.9 Å². The maximum atomic E-state index is 12.6. The first-order valence-electron chi connectivity index (χ1n) is 10.3. The van der Waals surface area contributed by atoms with Crippen LogP contribution in [0.2, 0.25) is 0 Å². The van der Waals surface area contributed by atoms with E-state index in [1.165, 1.54) is 10.1 Å². The number of imidazole rings is 1. The fraction of sp³-hybridized carbons (Fsp3) is 0.476. The van der Waals surface area contributed by atoms with Crippen molar-refractivity contribution in [2.45, 2.75) is 19.9 Å². The summed E-state index contributed by atoms with van der Waals surface area (Å²) in [5, 5.41) is 3.37. The Hall–Kier alpha value is -2.91. The molecule has 0 saturated carbocycles. The van der Waals surface area contributed by atoms with Crippen LogP contribution in [-0.4, -0.2) is 63.4 Å². The van der Waals surface area contributed by atoms with Gasteiger partial charge in [-0.1, -0.05) is 29.8 Å². The highest BCUT2D eigenvalue weighted by molar-refractivity contribution is 5.74. The predicted molar refractivity (Wildman–Crippen MR) is 116 cm³/mol. The van der Waals surface area contributed by atoms with Crippen LogP contribution in [0.4, 0.5) is 5.95 Å². The third kappa shape index (κ3) is 4.31. The molecule has 1 aliphatic heterocycles. The summed E-state index contributed by atoms with van der Waals surface area (Å²) in [6.45, 7) is 7.73. The second kappa shape index (κ2) is 8.85. The Balaban J connectivity index is 1.59. The second-order valence-electron chi connectivity index (χ2n) is 7.73. The van der Waals surface area contributed by atoms with Crippen molar-refractivity contribution in [2.75, 3.05) is 44.7 Å². The highest BCUT2D eigenvalue weighted by atomic mass is 16.5. The molecule has 3 heterocycles. The van der Waals surface area contributed by atoms with E-state index in [2.05, 4.69) is 20.2 Å². The van der Waals surface area contributed by atoms with E-state index in [0.29, 0.717) is 23.7 Å². The molecule has 1 aromatic carbocycles. The molecule has 9 nitrogen and oxygen atoms in total. The van der Waals surface area contributed by atoms with Crippen LogP contribution in [0, 0.1) is 6.92 Å². The topological polar surface area (TPSA) is 97.2 Å². The van der Waals surface area contributed by atoms with Crippen LogP contribution in [0.3, 0.4) is 0 Å². The molecule has 0 aliphatic carbocycles. The molecular weight excluding hydrogens is 384 g/mol. The maximum Gasteiger partial charge on any atom is 0.329 e. The fourth-order valence-corrected chi connectivity index (χ4v) is 3.73. The molecule has 0 spiro atoms. The van der Waals surface area contributed by atoms with Gasteiger partial charge in [0, 0.05) is 26.7 Å². The third-order valence-corrected chi connectivity index (χ3v) is 5.51. The Bertz CT molecular complexity index is 1120. The molecule has 0 amide bonds. The first-order valence-corrected chi connectivity index (χ1v) is 10.3. The number of aromatic amines is 1. The number of hydrogen-bond acceptors (Lipinski definition) is 6. The fourth-order valence-electron chi connectivity index (χ4n) is 3.73. The van der Waals surface area contributed by atoms with Gasteiger partial charge in [0.1, 0.15) is 0 Å². The highest BCUT2D eigenvalue weighted by Gasteiger charge is 2.17. The largest absolute Gasteiger partial charge is 0.379 e. The standard InChI is InChI=1S/C21H28N6O3/c1-15-4-6-16(7-5-15)14-27-17-18(25(2)21(29)24-19(17)28)23-20(27)22-8-3-9-26-10-12-30-13-11-26/h4-7H,3,8-14H2,1-2H3,(H,22,23)(H,24,28,29). The number of ether oxygens (including phenoxy) is 1. The molecule has 0 atom stereocenters. The van der Waals surface area contributed by atoms with Crippen LogP contribution in [-0.2, 0) is 18.3 Å². The Morgan fingerprint density at radius 1 is 1.17 bits per heavy atom. The quantitative estimate of drug-likeness (QED) is 0.560. The van der Waals surface area contributed by atoms with Crippen molar-refractivity contribution in [2.24, 2.45) is 7.05 Å². The van der Waals surface area contributed by atoms with Gasteiger partial charge in [-0.25, -0.2) is 4.79 Å². The summed E-state index contributed by atoms with van der Waals surface area (Å²) in [5.41, 5.74) is 2.13. The number of morpholine rings is 1. The minimum absolute atomic E-state index is 0.381. The van der Waals surface area contributed by atoms with Gasteiger partial charge in [0.15, 0.2) is 11.2 Å². The van der Waals surface area contributed by atoms with E-state index < -0.39 is 11.2 Å². The summed E-state index contributed by atoms with van der Waals surface area (Å²) < 4.78 is 8.62. The van der Waals surface area contributed by atoms with Crippen LogP contribution >= 0.6 is 0 Å². The van der Waals surface area contributed by atoms with E-state index in [0.717, 1.165) is 51.4 Å². The Morgan fingerprint density at radius 3 is 2.63 bits per heavy atom. The summed E-state index contributed by atoms with van der Waals surface area (Å²) in [4.78, 5) is 34.0. The predicted octanol–water partition coefficient (Wildman–Crippen LogP) is 0.914. The van der Waals surface area contributed by atoms with Crippen LogP contribution < -0.4 is 16.6 Å². The smallest absolute Gasteiger partial charge is 0.329 e. The number of rotatable bonds is 7. The monoisotopic (exact) mass is 412 g/mol. The van der Waals surface area contributed by atoms with Gasteiger partial charge in [-0.05, 0) is 25.5 Å². The van der Waals surface area contributed by atoms with Gasteiger partial charge in [-0.15, -0.1) is 0 Å². The molecule has 1 saturated heterocycles. The normalized spacial score (nSPS) is 15.0. The zero-order valence-electron chi connectivity index (χ0n) is 17.5. The van der Waals surface area contributed by atoms with Crippen molar-refractivity contribution in [1.82, 2.24) is 24.0 Å². The third-order valence-electron chi connectivity index (χ3n) is 5.51. The van der Waals surface area contributed by atoms with Crippen molar-refractivity contribution in [3.8, 4) is 0 Å². The number of aryl methyl sites for hydroxylation is 2. The molecule has 0 radical (unpaired) electrons. The molecule has 0 bridgehead atoms. The van der Waals surface area contributed by atoms with E-state index in [4.69, 9.17) is 4.74 Å². The van der Waals surface area contributed by atoms with Crippen molar-refractivity contribution < 1.29 is 4.74 Å². The first-order chi connectivity index (χ1) is 14.5. The number of benzene rings is 1. The molecule has 1 fully saturated rings. The van der Waals surface area contributed by atoms with Gasteiger partial charge in [-0.2, -0.15) is 4.98 Å². The number of nitrogens with one attached hydrogen (secondary N) is 2. The van der Waals surface area contributed by atoms with Gasteiger partial charge in [0.05, 0.1) is 19.8 Å². The zero-order valence-corrected chi connectivity index (χ0v) is 17.5. The lowest BCUT2D eigenvalue weighted by Gasteiger charge is -2.26. The summed E-state index contributed by atoms with van der Waals surface area (Å²) in [6, 6.07) is 8.17. The summed E-state index contributed by atoms with van der Waals surface area (Å²) in [7, 11) is 1.62. The second-order valence-corrected chi connectivity index (χ2v) is 7.73. The van der Waals surface area contributed by atoms with Crippen LogP contribution in [0.5, 0.6) is 0 Å². The minimum atomic E-state index is -0.466. The van der Waals surface area contributed by atoms with Gasteiger partial charge in [0.25, 0.3) is 5.56 Å². The number of anilines is 1. The molecule has 2 aromatic heterocycles. The van der Waals surface area contributed by atoms with Gasteiger partial charge in [0.2, 0.25) is 5.95 Å². The number of fused-ring (bicyclic) bond motifs is 1. The summed E-state index contributed by atoms with van der Waals surface area (Å²) >= 11 is 0. The molecule has 160 valence electrons. The van der Waals surface area contributed by atoms with Crippen LogP contribution in [0.1, 0.15) is 17.5 Å². The molecule has 1 aliphatic rings. The first kappa shape index (κ1) is 20.4. The molecular formula is C21H28N6O3. The lowest BCUT2D eigenvalue weighted by atomic mass is 10.1. The van der Waals surface area contributed by atoms with E-state index >= 15 is 0 Å². The molecule has 2 N–H and O–H groups in total. The van der Waals surface area contributed by atoms with Crippen molar-refractivity contribution in [1.29, 1.82) is 0 Å². The average Bonchev–Trinajstić information content (AvgIpc) is 3.11. The minimum Gasteiger partial charge on any atom is -0.379 e. The molecule has 4 rings (SSSR count). The average molecular weight is 412 g/mol. The Kier molecular flexibility index (Phi) is 6.01. The van der Waals surface area contributed by atoms with E-state index in [1.54, 1.807) is 7.05 Å². The highest BCUT2D eigenvalue weighted by Crippen LogP contribution is 2.18. The van der Waals surface area contributed by atoms with Crippen molar-refractivity contribution in [3.63, 3.8) is 0 Å². The lowest BCUT2D eigenvalue weighted by Crippen LogP contribution is -2.37. The number of aromatic nitrogens is 4. The molecule has 30 heavy (non-hydrogen) atoms. The van der Waals surface area contributed by atoms with Gasteiger partial charge >= 0.3 is 5.69 Å². The SMILES string of the molecule is Cc1ccc(Cn2c(NCCCN3CCOCC3)nc3c2c(=O)[nH]c(=O)n3C)cc1. The molecule has 0 unspecified atom stereocenters. The van der Waals surface area contributed by atoms with Gasteiger partial charge in [-0.3, -0.25) is 23.8 Å².